The number of hydrogen-bond donors (Lipinski definition) is 0. The average Bonchev–Trinajstić information content (AvgIpc) is 2.37. The van der Waals surface area contributed by atoms with Crippen LogP contribution in [0.3, 0.4) is 0 Å². The lowest BCUT2D eigenvalue weighted by Crippen LogP contribution is -2.11. The van der Waals surface area contributed by atoms with E-state index in [1.807, 2.05) is 32.0 Å². The lowest BCUT2D eigenvalue weighted by atomic mass is 10.1. The molecule has 3 nitrogen and oxygen atoms in total. The van der Waals surface area contributed by atoms with Crippen LogP contribution in [0, 0.1) is 0 Å². The summed E-state index contributed by atoms with van der Waals surface area (Å²) in [5.41, 5.74) is 0.608. The fraction of sp³-hybridized carbons (Fsp3) is 0.500. The van der Waals surface area contributed by atoms with Crippen molar-refractivity contribution in [3.05, 3.63) is 29.8 Å². The van der Waals surface area contributed by atoms with E-state index in [0.29, 0.717) is 24.5 Å². The summed E-state index contributed by atoms with van der Waals surface area (Å²) in [6.45, 7) is 5.42. The molecule has 0 fully saturated rings. The summed E-state index contributed by atoms with van der Waals surface area (Å²) in [7, 11) is 0. The summed E-state index contributed by atoms with van der Waals surface area (Å²) in [5, 5.41) is 0. The Hall–Kier alpha value is -1.35. The molecule has 3 heteroatoms. The minimum Gasteiger partial charge on any atom is -0.493 e. The Morgan fingerprint density at radius 2 is 1.82 bits per heavy atom. The summed E-state index contributed by atoms with van der Waals surface area (Å²) < 4.78 is 10.8. The van der Waals surface area contributed by atoms with Crippen molar-refractivity contribution in [2.75, 3.05) is 19.8 Å². The molecule has 1 aromatic carbocycles. The summed E-state index contributed by atoms with van der Waals surface area (Å²) in [6, 6.07) is 7.31. The second-order valence-corrected chi connectivity index (χ2v) is 3.82. The van der Waals surface area contributed by atoms with E-state index in [4.69, 9.17) is 9.47 Å². The maximum absolute atomic E-state index is 11.9. The average molecular weight is 236 g/mol. The van der Waals surface area contributed by atoms with Crippen LogP contribution >= 0.6 is 0 Å². The quantitative estimate of drug-likeness (QED) is 0.514. The molecule has 17 heavy (non-hydrogen) atoms. The van der Waals surface area contributed by atoms with E-state index in [0.717, 1.165) is 12.8 Å². The van der Waals surface area contributed by atoms with Gasteiger partial charge in [0.1, 0.15) is 12.4 Å². The van der Waals surface area contributed by atoms with E-state index < -0.39 is 0 Å². The zero-order chi connectivity index (χ0) is 12.5. The third kappa shape index (κ3) is 4.57. The SMILES string of the molecule is CCCOCC(=O)c1ccccc1OCCC. The molecule has 1 rings (SSSR count). The minimum atomic E-state index is -0.0230. The van der Waals surface area contributed by atoms with Gasteiger partial charge < -0.3 is 9.47 Å². The van der Waals surface area contributed by atoms with Gasteiger partial charge in [0.05, 0.1) is 12.2 Å². The van der Waals surface area contributed by atoms with E-state index in [1.54, 1.807) is 6.07 Å². The van der Waals surface area contributed by atoms with Gasteiger partial charge in [-0.3, -0.25) is 4.79 Å². The maximum Gasteiger partial charge on any atom is 0.192 e. The van der Waals surface area contributed by atoms with Gasteiger partial charge in [-0.1, -0.05) is 26.0 Å². The van der Waals surface area contributed by atoms with Crippen molar-refractivity contribution in [2.24, 2.45) is 0 Å². The van der Waals surface area contributed by atoms with Gasteiger partial charge >= 0.3 is 0 Å². The van der Waals surface area contributed by atoms with E-state index in [1.165, 1.54) is 0 Å². The van der Waals surface area contributed by atoms with Gasteiger partial charge in [0.15, 0.2) is 5.78 Å². The van der Waals surface area contributed by atoms with Gasteiger partial charge in [0.2, 0.25) is 0 Å². The molecule has 0 spiro atoms. The number of Topliss-reactive ketones (excluding diaryl/α,β-unsaturated/α-hetero) is 1. The minimum absolute atomic E-state index is 0.0230. The van der Waals surface area contributed by atoms with Crippen LogP contribution in [0.1, 0.15) is 37.0 Å². The number of benzene rings is 1. The van der Waals surface area contributed by atoms with Crippen LogP contribution < -0.4 is 4.74 Å². The summed E-state index contributed by atoms with van der Waals surface area (Å²) >= 11 is 0. The van der Waals surface area contributed by atoms with Gasteiger partial charge in [-0.2, -0.15) is 0 Å². The Morgan fingerprint density at radius 3 is 2.53 bits per heavy atom. The molecule has 0 radical (unpaired) electrons. The van der Waals surface area contributed by atoms with E-state index in [-0.39, 0.29) is 12.4 Å². The highest BCUT2D eigenvalue weighted by Gasteiger charge is 2.11. The third-order valence-corrected chi connectivity index (χ3v) is 2.23. The number of para-hydroxylation sites is 1. The summed E-state index contributed by atoms with van der Waals surface area (Å²) in [6.07, 6.45) is 1.84. The van der Waals surface area contributed by atoms with Crippen LogP contribution in [0.25, 0.3) is 0 Å². The fourth-order valence-corrected chi connectivity index (χ4v) is 1.42. The molecule has 0 atom stereocenters. The molecule has 0 unspecified atom stereocenters. The lowest BCUT2D eigenvalue weighted by Gasteiger charge is -2.09. The van der Waals surface area contributed by atoms with Gasteiger partial charge in [0, 0.05) is 6.61 Å². The van der Waals surface area contributed by atoms with Crippen molar-refractivity contribution in [3.63, 3.8) is 0 Å². The van der Waals surface area contributed by atoms with Crippen molar-refractivity contribution in [2.45, 2.75) is 26.7 Å². The molecule has 0 aliphatic rings. The van der Waals surface area contributed by atoms with Crippen LogP contribution in [-0.4, -0.2) is 25.6 Å². The topological polar surface area (TPSA) is 35.5 Å². The molecule has 0 heterocycles. The highest BCUT2D eigenvalue weighted by atomic mass is 16.5. The normalized spacial score (nSPS) is 10.2. The summed E-state index contributed by atoms with van der Waals surface area (Å²) in [4.78, 5) is 11.9. The van der Waals surface area contributed by atoms with Crippen molar-refractivity contribution in [1.82, 2.24) is 0 Å². The van der Waals surface area contributed by atoms with E-state index in [9.17, 15) is 4.79 Å². The highest BCUT2D eigenvalue weighted by Crippen LogP contribution is 2.18. The molecule has 0 saturated carbocycles. The number of ketones is 1. The molecule has 0 bridgehead atoms. The zero-order valence-corrected chi connectivity index (χ0v) is 10.6. The molecular formula is C14H20O3. The molecule has 0 aromatic heterocycles. The molecule has 0 amide bonds. The molecule has 94 valence electrons. The molecular weight excluding hydrogens is 216 g/mol. The molecule has 0 aliphatic carbocycles. The Bertz CT molecular complexity index is 347. The maximum atomic E-state index is 11.9. The van der Waals surface area contributed by atoms with Gasteiger partial charge in [-0.15, -0.1) is 0 Å². The smallest absolute Gasteiger partial charge is 0.192 e. The highest BCUT2D eigenvalue weighted by molar-refractivity contribution is 5.99. The third-order valence-electron chi connectivity index (χ3n) is 2.23. The predicted octanol–water partition coefficient (Wildman–Crippen LogP) is 3.08. The van der Waals surface area contributed by atoms with Gasteiger partial charge in [0.25, 0.3) is 0 Å². The first kappa shape index (κ1) is 13.7. The Labute approximate surface area is 103 Å². The largest absolute Gasteiger partial charge is 0.493 e. The van der Waals surface area contributed by atoms with Crippen LogP contribution in [0.4, 0.5) is 0 Å². The molecule has 0 aliphatic heterocycles. The van der Waals surface area contributed by atoms with E-state index in [2.05, 4.69) is 0 Å². The number of rotatable bonds is 8. The van der Waals surface area contributed by atoms with Gasteiger partial charge in [-0.25, -0.2) is 0 Å². The summed E-state index contributed by atoms with van der Waals surface area (Å²) in [5.74, 6) is 0.629. The van der Waals surface area contributed by atoms with Crippen LogP contribution in [0.15, 0.2) is 24.3 Å². The predicted molar refractivity (Wildman–Crippen MR) is 67.7 cm³/mol. The number of hydrogen-bond acceptors (Lipinski definition) is 3. The molecule has 0 N–H and O–H groups in total. The van der Waals surface area contributed by atoms with Crippen molar-refractivity contribution in [3.8, 4) is 5.75 Å². The van der Waals surface area contributed by atoms with Crippen LogP contribution in [0.5, 0.6) is 5.75 Å². The number of ether oxygens (including phenoxy) is 2. The molecule has 1 aromatic rings. The van der Waals surface area contributed by atoms with Crippen molar-refractivity contribution < 1.29 is 14.3 Å². The Morgan fingerprint density at radius 1 is 1.12 bits per heavy atom. The second kappa shape index (κ2) is 7.85. The monoisotopic (exact) mass is 236 g/mol. The number of carbonyl (C=O) groups excluding carboxylic acids is 1. The van der Waals surface area contributed by atoms with E-state index >= 15 is 0 Å². The van der Waals surface area contributed by atoms with Gasteiger partial charge in [-0.05, 0) is 25.0 Å². The van der Waals surface area contributed by atoms with Crippen molar-refractivity contribution in [1.29, 1.82) is 0 Å². The first-order valence-electron chi connectivity index (χ1n) is 6.12. The van der Waals surface area contributed by atoms with Crippen molar-refractivity contribution >= 4 is 5.78 Å². The standard InChI is InChI=1S/C14H20O3/c1-3-9-16-11-13(15)12-7-5-6-8-14(12)17-10-4-2/h5-8H,3-4,9-11H2,1-2H3. The Balaban J connectivity index is 2.64. The van der Waals surface area contributed by atoms with Crippen LogP contribution in [0.2, 0.25) is 0 Å². The number of carbonyl (C=O) groups is 1. The zero-order valence-electron chi connectivity index (χ0n) is 10.6. The van der Waals surface area contributed by atoms with Crippen LogP contribution in [-0.2, 0) is 4.74 Å². The first-order chi connectivity index (χ1) is 8.29. The molecule has 0 saturated heterocycles. The second-order valence-electron chi connectivity index (χ2n) is 3.82. The fourth-order valence-electron chi connectivity index (χ4n) is 1.42. The first-order valence-corrected chi connectivity index (χ1v) is 6.12. The Kier molecular flexibility index (Phi) is 6.33. The lowest BCUT2D eigenvalue weighted by molar-refractivity contribution is 0.0757.